The average Bonchev–Trinajstić information content (AvgIpc) is 3.24. The van der Waals surface area contributed by atoms with Gasteiger partial charge in [-0.25, -0.2) is 22.3 Å². The summed E-state index contributed by atoms with van der Waals surface area (Å²) in [6.45, 7) is -0.738. The number of hydroxylamine groups is 1. The minimum Gasteiger partial charge on any atom is -0.289 e. The first-order valence-corrected chi connectivity index (χ1v) is 13.2. The maximum Gasteiger partial charge on any atom is 0.263 e. The van der Waals surface area contributed by atoms with Gasteiger partial charge in [-0.1, -0.05) is 24.3 Å². The van der Waals surface area contributed by atoms with Gasteiger partial charge >= 0.3 is 0 Å². The van der Waals surface area contributed by atoms with Gasteiger partial charge in [-0.15, -0.1) is 11.3 Å². The van der Waals surface area contributed by atoms with Crippen LogP contribution in [0.1, 0.15) is 5.56 Å². The summed E-state index contributed by atoms with van der Waals surface area (Å²) in [4.78, 5) is 12.8. The minimum atomic E-state index is -4.12. The molecular formula is C18H20N4O6S3. The normalized spacial score (nSPS) is 18.4. The van der Waals surface area contributed by atoms with Crippen LogP contribution in [0.4, 0.5) is 0 Å². The molecule has 31 heavy (non-hydrogen) atoms. The summed E-state index contributed by atoms with van der Waals surface area (Å²) in [6, 6.07) is 10.9. The topological polar surface area (TPSA) is 148 Å². The first kappa shape index (κ1) is 23.3. The van der Waals surface area contributed by atoms with E-state index in [9.17, 15) is 21.6 Å². The molecule has 0 aliphatic carbocycles. The molecule has 1 aliphatic heterocycles. The van der Waals surface area contributed by atoms with Crippen molar-refractivity contribution < 1.29 is 26.8 Å². The van der Waals surface area contributed by atoms with E-state index in [0.717, 1.165) is 37.3 Å². The molecule has 1 atom stereocenters. The highest BCUT2D eigenvalue weighted by atomic mass is 32.2. The number of nitrogens with zero attached hydrogens (tertiary/aromatic N) is 3. The van der Waals surface area contributed by atoms with Crippen LogP contribution in [0, 0.1) is 11.3 Å². The Balaban J connectivity index is 1.90. The summed E-state index contributed by atoms with van der Waals surface area (Å²) in [5.41, 5.74) is 3.04. The van der Waals surface area contributed by atoms with E-state index in [2.05, 4.69) is 6.07 Å². The first-order valence-electron chi connectivity index (χ1n) is 9.05. The molecule has 2 heterocycles. The molecule has 0 radical (unpaired) electrons. The van der Waals surface area contributed by atoms with Crippen LogP contribution >= 0.6 is 11.3 Å². The lowest BCUT2D eigenvalue weighted by Crippen LogP contribution is -2.60. The van der Waals surface area contributed by atoms with Crippen molar-refractivity contribution in [1.82, 2.24) is 14.1 Å². The third-order valence-corrected chi connectivity index (χ3v) is 9.62. The SMILES string of the molecule is CS(=O)(=O)N1CCN(S(=O)(=O)c2ccc(-c3ccc(CC#N)cc3)s2)[C@@H](C(=O)NO)C1. The molecule has 1 saturated heterocycles. The van der Waals surface area contributed by atoms with Crippen molar-refractivity contribution in [3.63, 3.8) is 0 Å². The van der Waals surface area contributed by atoms with Gasteiger partial charge in [0.2, 0.25) is 10.0 Å². The third-order valence-electron chi connectivity index (χ3n) is 4.84. The Hall–Kier alpha value is -2.34. The van der Waals surface area contributed by atoms with E-state index in [-0.39, 0.29) is 23.7 Å². The van der Waals surface area contributed by atoms with Gasteiger partial charge in [0.25, 0.3) is 15.9 Å². The van der Waals surface area contributed by atoms with Crippen LogP contribution in [0.3, 0.4) is 0 Å². The Kier molecular flexibility index (Phi) is 6.79. The molecule has 2 N–H and O–H groups in total. The fourth-order valence-electron chi connectivity index (χ4n) is 3.23. The molecule has 2 aromatic rings. The molecule has 1 aromatic heterocycles. The molecular weight excluding hydrogens is 464 g/mol. The highest BCUT2D eigenvalue weighted by Crippen LogP contribution is 2.34. The van der Waals surface area contributed by atoms with Crippen molar-refractivity contribution in [2.75, 3.05) is 25.9 Å². The summed E-state index contributed by atoms with van der Waals surface area (Å²) in [7, 11) is -7.76. The average molecular weight is 485 g/mol. The molecule has 1 aliphatic rings. The van der Waals surface area contributed by atoms with E-state index in [1.165, 1.54) is 11.5 Å². The van der Waals surface area contributed by atoms with E-state index in [1.807, 2.05) is 0 Å². The van der Waals surface area contributed by atoms with Crippen LogP contribution in [0.25, 0.3) is 10.4 Å². The number of rotatable bonds is 6. The molecule has 0 spiro atoms. The lowest BCUT2D eigenvalue weighted by atomic mass is 10.1. The Morgan fingerprint density at radius 3 is 2.45 bits per heavy atom. The van der Waals surface area contributed by atoms with E-state index in [0.29, 0.717) is 4.88 Å². The van der Waals surface area contributed by atoms with Gasteiger partial charge in [-0.2, -0.15) is 13.9 Å². The van der Waals surface area contributed by atoms with E-state index < -0.39 is 38.5 Å². The fraction of sp³-hybridized carbons (Fsp3) is 0.333. The number of thiophene rings is 1. The predicted molar refractivity (Wildman–Crippen MR) is 113 cm³/mol. The highest BCUT2D eigenvalue weighted by Gasteiger charge is 2.42. The molecule has 0 bridgehead atoms. The van der Waals surface area contributed by atoms with Crippen molar-refractivity contribution in [3.8, 4) is 16.5 Å². The quantitative estimate of drug-likeness (QED) is 0.451. The van der Waals surface area contributed by atoms with Gasteiger partial charge in [0.05, 0.1) is 18.7 Å². The maximum absolute atomic E-state index is 13.2. The van der Waals surface area contributed by atoms with Crippen molar-refractivity contribution in [1.29, 1.82) is 5.26 Å². The predicted octanol–water partition coefficient (Wildman–Crippen LogP) is 0.621. The molecule has 1 fully saturated rings. The zero-order chi connectivity index (χ0) is 22.8. The van der Waals surface area contributed by atoms with Gasteiger partial charge < -0.3 is 0 Å². The number of carbonyl (C=O) groups excluding carboxylic acids is 1. The number of benzene rings is 1. The van der Waals surface area contributed by atoms with Crippen molar-refractivity contribution >= 4 is 37.3 Å². The summed E-state index contributed by atoms with van der Waals surface area (Å²) < 4.78 is 52.0. The second-order valence-corrected chi connectivity index (χ2v) is 12.1. The van der Waals surface area contributed by atoms with Crippen LogP contribution in [-0.2, 0) is 31.3 Å². The van der Waals surface area contributed by atoms with Gasteiger partial charge in [-0.3, -0.25) is 10.0 Å². The van der Waals surface area contributed by atoms with Crippen LogP contribution in [0.15, 0.2) is 40.6 Å². The number of hydrogen-bond donors (Lipinski definition) is 2. The van der Waals surface area contributed by atoms with Crippen molar-refractivity contribution in [2.45, 2.75) is 16.7 Å². The highest BCUT2D eigenvalue weighted by molar-refractivity contribution is 7.91. The Morgan fingerprint density at radius 1 is 1.19 bits per heavy atom. The number of amides is 1. The Labute approximate surface area is 184 Å². The molecule has 166 valence electrons. The zero-order valence-electron chi connectivity index (χ0n) is 16.4. The van der Waals surface area contributed by atoms with Crippen molar-refractivity contribution in [3.05, 3.63) is 42.0 Å². The number of carbonyl (C=O) groups is 1. The minimum absolute atomic E-state index is 0.00727. The van der Waals surface area contributed by atoms with Gasteiger partial charge in [0.15, 0.2) is 0 Å². The Morgan fingerprint density at radius 2 is 1.87 bits per heavy atom. The maximum atomic E-state index is 13.2. The van der Waals surface area contributed by atoms with Gasteiger partial charge in [0.1, 0.15) is 10.3 Å². The van der Waals surface area contributed by atoms with E-state index in [1.54, 1.807) is 30.3 Å². The number of sulfonamides is 2. The van der Waals surface area contributed by atoms with Crippen LogP contribution < -0.4 is 5.48 Å². The third kappa shape index (κ3) is 4.95. The second-order valence-electron chi connectivity index (χ2n) is 6.88. The summed E-state index contributed by atoms with van der Waals surface area (Å²) >= 11 is 1.01. The Bertz CT molecular complexity index is 1220. The summed E-state index contributed by atoms with van der Waals surface area (Å²) in [5.74, 6) is -1.01. The second kappa shape index (κ2) is 9.03. The summed E-state index contributed by atoms with van der Waals surface area (Å²) in [6.07, 6.45) is 1.25. The van der Waals surface area contributed by atoms with Crippen LogP contribution in [-0.4, -0.2) is 68.5 Å². The number of piperazine rings is 1. The van der Waals surface area contributed by atoms with E-state index >= 15 is 0 Å². The fourth-order valence-corrected chi connectivity index (χ4v) is 7.06. The lowest BCUT2D eigenvalue weighted by Gasteiger charge is -2.37. The van der Waals surface area contributed by atoms with Gasteiger partial charge in [-0.05, 0) is 23.3 Å². The van der Waals surface area contributed by atoms with E-state index in [4.69, 9.17) is 10.5 Å². The molecule has 0 unspecified atom stereocenters. The number of hydrogen-bond acceptors (Lipinski definition) is 8. The molecule has 1 amide bonds. The number of nitrogens with one attached hydrogen (secondary N) is 1. The monoisotopic (exact) mass is 484 g/mol. The van der Waals surface area contributed by atoms with Crippen LogP contribution in [0.2, 0.25) is 0 Å². The molecule has 1 aromatic carbocycles. The summed E-state index contributed by atoms with van der Waals surface area (Å²) in [5, 5.41) is 17.8. The first-order chi connectivity index (χ1) is 14.6. The standard InChI is InChI=1S/C18H20N4O6S3/c1-30(25,26)21-10-11-22(15(12-21)18(23)20-24)31(27,28)17-7-6-16(29-17)14-4-2-13(3-5-14)8-9-19/h2-7,15,24H,8,10-12H2,1H3,(H,20,23)/t15-/m1/s1. The number of nitriles is 1. The zero-order valence-corrected chi connectivity index (χ0v) is 18.9. The lowest BCUT2D eigenvalue weighted by molar-refractivity contribution is -0.134. The molecule has 3 rings (SSSR count). The molecule has 10 nitrogen and oxygen atoms in total. The van der Waals surface area contributed by atoms with Crippen LogP contribution in [0.5, 0.6) is 0 Å². The largest absolute Gasteiger partial charge is 0.289 e. The van der Waals surface area contributed by atoms with Crippen molar-refractivity contribution in [2.24, 2.45) is 0 Å². The smallest absolute Gasteiger partial charge is 0.263 e. The molecule has 0 saturated carbocycles. The molecule has 13 heteroatoms. The van der Waals surface area contributed by atoms with Gasteiger partial charge in [0, 0.05) is 24.5 Å².